The third-order valence-electron chi connectivity index (χ3n) is 3.15. The molecule has 1 aromatic carbocycles. The summed E-state index contributed by atoms with van der Waals surface area (Å²) in [4.78, 5) is 11.8. The van der Waals surface area contributed by atoms with E-state index in [-0.39, 0.29) is 15.6 Å². The number of carbonyl (C=O) groups is 1. The highest BCUT2D eigenvalue weighted by Crippen LogP contribution is 2.31. The fourth-order valence-electron chi connectivity index (χ4n) is 1.87. The Morgan fingerprint density at radius 2 is 2.00 bits per heavy atom. The Morgan fingerprint density at radius 3 is 2.53 bits per heavy atom. The van der Waals surface area contributed by atoms with Gasteiger partial charge in [0.1, 0.15) is 0 Å². The number of hydrogen-bond acceptors (Lipinski definition) is 1. The van der Waals surface area contributed by atoms with Gasteiger partial charge in [0, 0.05) is 5.54 Å². The Kier molecular flexibility index (Phi) is 3.21. The highest BCUT2D eigenvalue weighted by molar-refractivity contribution is 9.10. The zero-order chi connectivity index (χ0) is 12.6. The predicted molar refractivity (Wildman–Crippen MR) is 63.8 cm³/mol. The van der Waals surface area contributed by atoms with E-state index in [0.29, 0.717) is 0 Å². The first-order chi connectivity index (χ1) is 7.93. The number of hydrogen-bond donors (Lipinski definition) is 1. The van der Waals surface area contributed by atoms with Crippen LogP contribution >= 0.6 is 15.9 Å². The zero-order valence-electron chi connectivity index (χ0n) is 9.32. The minimum absolute atomic E-state index is 0.0152. The maximum atomic E-state index is 13.5. The highest BCUT2D eigenvalue weighted by Gasteiger charge is 2.34. The molecule has 1 aromatic rings. The first-order valence-corrected chi connectivity index (χ1v) is 6.18. The van der Waals surface area contributed by atoms with Crippen LogP contribution in [-0.4, -0.2) is 11.4 Å². The van der Waals surface area contributed by atoms with E-state index >= 15 is 0 Å². The Balaban J connectivity index is 2.22. The SMILES string of the molecule is CC1(NC(=O)c2ccc(Br)c(F)c2F)CCC1. The van der Waals surface area contributed by atoms with Crippen molar-refractivity contribution in [3.8, 4) is 0 Å². The van der Waals surface area contributed by atoms with Crippen LogP contribution in [0.2, 0.25) is 0 Å². The lowest BCUT2D eigenvalue weighted by Gasteiger charge is -2.39. The summed E-state index contributed by atoms with van der Waals surface area (Å²) in [5, 5.41) is 2.74. The second-order valence-corrected chi connectivity index (χ2v) is 5.45. The van der Waals surface area contributed by atoms with Crippen molar-refractivity contribution < 1.29 is 13.6 Å². The average Bonchev–Trinajstić information content (AvgIpc) is 2.23. The monoisotopic (exact) mass is 303 g/mol. The molecule has 0 spiro atoms. The maximum Gasteiger partial charge on any atom is 0.254 e. The van der Waals surface area contributed by atoms with E-state index in [0.717, 1.165) is 19.3 Å². The number of halogens is 3. The standard InChI is InChI=1S/C12H12BrF2NO/c1-12(5-2-6-12)16-11(17)7-3-4-8(13)10(15)9(7)14/h3-4H,2,5-6H2,1H3,(H,16,17). The quantitative estimate of drug-likeness (QED) is 0.834. The van der Waals surface area contributed by atoms with E-state index in [4.69, 9.17) is 0 Å². The van der Waals surface area contributed by atoms with E-state index in [9.17, 15) is 13.6 Å². The van der Waals surface area contributed by atoms with Gasteiger partial charge in [0.15, 0.2) is 11.6 Å². The van der Waals surface area contributed by atoms with Crippen LogP contribution in [0.15, 0.2) is 16.6 Å². The molecule has 0 saturated heterocycles. The van der Waals surface area contributed by atoms with Crippen LogP contribution in [0.1, 0.15) is 36.5 Å². The van der Waals surface area contributed by atoms with Gasteiger partial charge in [-0.3, -0.25) is 4.79 Å². The Morgan fingerprint density at radius 1 is 1.35 bits per heavy atom. The van der Waals surface area contributed by atoms with Gasteiger partial charge in [-0.25, -0.2) is 8.78 Å². The fourth-order valence-corrected chi connectivity index (χ4v) is 2.18. The lowest BCUT2D eigenvalue weighted by molar-refractivity contribution is 0.0845. The van der Waals surface area contributed by atoms with Crippen molar-refractivity contribution in [3.05, 3.63) is 33.8 Å². The van der Waals surface area contributed by atoms with Crippen LogP contribution < -0.4 is 5.32 Å². The van der Waals surface area contributed by atoms with Gasteiger partial charge in [-0.2, -0.15) is 0 Å². The van der Waals surface area contributed by atoms with Gasteiger partial charge in [0.2, 0.25) is 0 Å². The summed E-state index contributed by atoms with van der Waals surface area (Å²) in [7, 11) is 0. The highest BCUT2D eigenvalue weighted by atomic mass is 79.9. The molecule has 2 rings (SSSR count). The molecule has 0 atom stereocenters. The molecule has 0 aromatic heterocycles. The fraction of sp³-hybridized carbons (Fsp3) is 0.417. The van der Waals surface area contributed by atoms with E-state index in [2.05, 4.69) is 21.2 Å². The Hall–Kier alpha value is -0.970. The summed E-state index contributed by atoms with van der Waals surface area (Å²) in [5.74, 6) is -2.70. The molecule has 1 aliphatic carbocycles. The van der Waals surface area contributed by atoms with Crippen LogP contribution in [0.25, 0.3) is 0 Å². The van der Waals surface area contributed by atoms with Crippen molar-refractivity contribution in [2.75, 3.05) is 0 Å². The van der Waals surface area contributed by atoms with E-state index in [1.807, 2.05) is 6.92 Å². The first kappa shape index (κ1) is 12.5. The van der Waals surface area contributed by atoms with Crippen molar-refractivity contribution in [2.24, 2.45) is 0 Å². The lowest BCUT2D eigenvalue weighted by Crippen LogP contribution is -2.51. The normalized spacial score (nSPS) is 17.4. The van der Waals surface area contributed by atoms with Crippen LogP contribution in [-0.2, 0) is 0 Å². The average molecular weight is 304 g/mol. The molecule has 0 bridgehead atoms. The molecule has 0 unspecified atom stereocenters. The lowest BCUT2D eigenvalue weighted by atomic mass is 9.78. The van der Waals surface area contributed by atoms with Gasteiger partial charge < -0.3 is 5.32 Å². The number of nitrogens with one attached hydrogen (secondary N) is 1. The van der Waals surface area contributed by atoms with Gasteiger partial charge in [0.25, 0.3) is 5.91 Å². The number of carbonyl (C=O) groups excluding carboxylic acids is 1. The van der Waals surface area contributed by atoms with Gasteiger partial charge >= 0.3 is 0 Å². The van der Waals surface area contributed by atoms with Gasteiger partial charge in [-0.15, -0.1) is 0 Å². The number of benzene rings is 1. The zero-order valence-corrected chi connectivity index (χ0v) is 10.9. The van der Waals surface area contributed by atoms with E-state index in [1.165, 1.54) is 12.1 Å². The number of amides is 1. The van der Waals surface area contributed by atoms with Gasteiger partial charge in [-0.05, 0) is 54.2 Å². The molecule has 5 heteroatoms. The summed E-state index contributed by atoms with van der Waals surface area (Å²) in [6.07, 6.45) is 2.80. The maximum absolute atomic E-state index is 13.5. The molecule has 0 aliphatic heterocycles. The summed E-state index contributed by atoms with van der Waals surface area (Å²) >= 11 is 2.87. The van der Waals surface area contributed by atoms with Crippen molar-refractivity contribution in [1.82, 2.24) is 5.32 Å². The molecule has 1 N–H and O–H groups in total. The molecule has 17 heavy (non-hydrogen) atoms. The molecule has 1 aliphatic rings. The molecule has 0 heterocycles. The Bertz CT molecular complexity index is 472. The number of rotatable bonds is 2. The van der Waals surface area contributed by atoms with Gasteiger partial charge in [-0.1, -0.05) is 0 Å². The summed E-state index contributed by atoms with van der Waals surface area (Å²) in [6, 6.07) is 2.61. The molecule has 0 radical (unpaired) electrons. The molecular weight excluding hydrogens is 292 g/mol. The van der Waals surface area contributed by atoms with Crippen LogP contribution in [0, 0.1) is 11.6 Å². The summed E-state index contributed by atoms with van der Waals surface area (Å²) in [6.45, 7) is 1.90. The molecule has 1 fully saturated rings. The van der Waals surface area contributed by atoms with Crippen molar-refractivity contribution in [1.29, 1.82) is 0 Å². The topological polar surface area (TPSA) is 29.1 Å². The minimum Gasteiger partial charge on any atom is -0.347 e. The van der Waals surface area contributed by atoms with Crippen LogP contribution in [0.4, 0.5) is 8.78 Å². The first-order valence-electron chi connectivity index (χ1n) is 5.39. The van der Waals surface area contributed by atoms with Crippen molar-refractivity contribution in [2.45, 2.75) is 31.7 Å². The van der Waals surface area contributed by atoms with Crippen molar-refractivity contribution >= 4 is 21.8 Å². The smallest absolute Gasteiger partial charge is 0.254 e. The summed E-state index contributed by atoms with van der Waals surface area (Å²) in [5.41, 5.74) is -0.522. The molecule has 92 valence electrons. The van der Waals surface area contributed by atoms with E-state index in [1.54, 1.807) is 0 Å². The minimum atomic E-state index is -1.11. The van der Waals surface area contributed by atoms with Crippen LogP contribution in [0.3, 0.4) is 0 Å². The predicted octanol–water partition coefficient (Wildman–Crippen LogP) is 3.40. The largest absolute Gasteiger partial charge is 0.347 e. The third kappa shape index (κ3) is 2.34. The molecule has 2 nitrogen and oxygen atoms in total. The van der Waals surface area contributed by atoms with Gasteiger partial charge in [0.05, 0.1) is 10.0 Å². The molecule has 1 saturated carbocycles. The Labute approximate surface area is 107 Å². The second kappa shape index (κ2) is 4.37. The van der Waals surface area contributed by atoms with E-state index < -0.39 is 17.5 Å². The molecule has 1 amide bonds. The molecular formula is C12H12BrF2NO. The summed E-state index contributed by atoms with van der Waals surface area (Å²) < 4.78 is 26.8. The third-order valence-corrected chi connectivity index (χ3v) is 3.76. The second-order valence-electron chi connectivity index (χ2n) is 4.59. The van der Waals surface area contributed by atoms with Crippen LogP contribution in [0.5, 0.6) is 0 Å². The van der Waals surface area contributed by atoms with Crippen molar-refractivity contribution in [3.63, 3.8) is 0 Å².